The van der Waals surface area contributed by atoms with Gasteiger partial charge in [-0.15, -0.1) is 0 Å². The minimum absolute atomic E-state index is 0.359. The lowest BCUT2D eigenvalue weighted by Crippen LogP contribution is -2.16. The second-order valence-corrected chi connectivity index (χ2v) is 4.34. The van der Waals surface area contributed by atoms with Gasteiger partial charge in [0.1, 0.15) is 11.6 Å². The largest absolute Gasteiger partial charge is 0.493 e. The molecular formula is C15H16N3O2+. The van der Waals surface area contributed by atoms with Crippen LogP contribution in [0.15, 0.2) is 24.3 Å². The summed E-state index contributed by atoms with van der Waals surface area (Å²) in [5.41, 5.74) is 8.78. The van der Waals surface area contributed by atoms with Crippen molar-refractivity contribution >= 4 is 5.82 Å². The van der Waals surface area contributed by atoms with Crippen LogP contribution in [0.4, 0.5) is 5.82 Å². The van der Waals surface area contributed by atoms with Crippen LogP contribution in [0.5, 0.6) is 11.5 Å². The third-order valence-electron chi connectivity index (χ3n) is 3.04. The van der Waals surface area contributed by atoms with E-state index in [-0.39, 0.29) is 0 Å². The normalized spacial score (nSPS) is 9.90. The van der Waals surface area contributed by atoms with E-state index >= 15 is 0 Å². The fourth-order valence-corrected chi connectivity index (χ4v) is 2.10. The second kappa shape index (κ2) is 5.49. The first-order valence-corrected chi connectivity index (χ1v) is 6.05. The number of aromatic nitrogens is 1. The summed E-state index contributed by atoms with van der Waals surface area (Å²) in [7, 11) is 3.16. The fraction of sp³-hybridized carbons (Fsp3) is 0.200. The van der Waals surface area contributed by atoms with Crippen molar-refractivity contribution in [2.75, 3.05) is 20.0 Å². The molecular weight excluding hydrogens is 254 g/mol. The first kappa shape index (κ1) is 13.7. The van der Waals surface area contributed by atoms with E-state index in [1.807, 2.05) is 25.1 Å². The van der Waals surface area contributed by atoms with Gasteiger partial charge in [0, 0.05) is 5.56 Å². The van der Waals surface area contributed by atoms with Gasteiger partial charge in [0.05, 0.1) is 19.9 Å². The molecule has 0 atom stereocenters. The Morgan fingerprint density at radius 1 is 1.15 bits per heavy atom. The maximum absolute atomic E-state index is 9.27. The molecule has 0 amide bonds. The number of hydrogen-bond donors (Lipinski definition) is 1. The van der Waals surface area contributed by atoms with Gasteiger partial charge in [0.25, 0.3) is 5.82 Å². The van der Waals surface area contributed by atoms with Gasteiger partial charge < -0.3 is 9.47 Å². The van der Waals surface area contributed by atoms with E-state index in [0.717, 1.165) is 16.8 Å². The van der Waals surface area contributed by atoms with Crippen LogP contribution in [-0.2, 0) is 0 Å². The zero-order chi connectivity index (χ0) is 14.7. The molecule has 0 fully saturated rings. The van der Waals surface area contributed by atoms with E-state index < -0.39 is 0 Å². The minimum atomic E-state index is 0.359. The molecule has 5 heteroatoms. The van der Waals surface area contributed by atoms with E-state index in [1.165, 1.54) is 0 Å². The molecule has 3 N–H and O–H groups in total. The molecule has 0 saturated heterocycles. The van der Waals surface area contributed by atoms with E-state index in [2.05, 4.69) is 11.1 Å². The van der Waals surface area contributed by atoms with Crippen molar-refractivity contribution in [2.24, 2.45) is 0 Å². The number of methoxy groups -OCH3 is 2. The maximum Gasteiger partial charge on any atom is 0.289 e. The Hall–Kier alpha value is -2.74. The van der Waals surface area contributed by atoms with Crippen molar-refractivity contribution in [2.45, 2.75) is 6.92 Å². The molecule has 0 saturated carbocycles. The Balaban J connectivity index is 2.66. The number of nitrogens with zero attached hydrogens (tertiary/aromatic N) is 1. The smallest absolute Gasteiger partial charge is 0.289 e. The predicted molar refractivity (Wildman–Crippen MR) is 75.4 cm³/mol. The number of nitrogens with one attached hydrogen (secondary N) is 1. The molecule has 0 radical (unpaired) electrons. The molecule has 1 heterocycles. The molecule has 2 aromatic rings. The van der Waals surface area contributed by atoms with Crippen LogP contribution < -0.4 is 20.2 Å². The van der Waals surface area contributed by atoms with Crippen molar-refractivity contribution in [3.05, 3.63) is 35.5 Å². The highest BCUT2D eigenvalue weighted by Crippen LogP contribution is 2.34. The van der Waals surface area contributed by atoms with Gasteiger partial charge in [-0.05, 0) is 30.7 Å². The van der Waals surface area contributed by atoms with Crippen LogP contribution in [-0.4, -0.2) is 14.2 Å². The molecule has 1 aromatic heterocycles. The molecule has 1 aromatic carbocycles. The average molecular weight is 270 g/mol. The van der Waals surface area contributed by atoms with E-state index in [1.54, 1.807) is 20.3 Å². The van der Waals surface area contributed by atoms with Gasteiger partial charge in [0.15, 0.2) is 11.5 Å². The SMILES string of the molecule is COc1ccc(-c2cc(C)[nH+]c(N)c2C#N)cc1OC. The summed E-state index contributed by atoms with van der Waals surface area (Å²) in [6.45, 7) is 1.89. The quantitative estimate of drug-likeness (QED) is 0.924. The molecule has 102 valence electrons. The number of nitrogens with two attached hydrogens (primary N) is 1. The van der Waals surface area contributed by atoms with Gasteiger partial charge in [0.2, 0.25) is 0 Å². The zero-order valence-corrected chi connectivity index (χ0v) is 11.7. The lowest BCUT2D eigenvalue weighted by atomic mass is 10.00. The molecule has 0 unspecified atom stereocenters. The van der Waals surface area contributed by atoms with Gasteiger partial charge in [-0.25, -0.2) is 4.98 Å². The Kier molecular flexibility index (Phi) is 3.76. The lowest BCUT2D eigenvalue weighted by molar-refractivity contribution is -0.370. The summed E-state index contributed by atoms with van der Waals surface area (Å²) < 4.78 is 10.5. The van der Waals surface area contributed by atoms with Crippen LogP contribution >= 0.6 is 0 Å². The number of nitriles is 1. The molecule has 20 heavy (non-hydrogen) atoms. The standard InChI is InChI=1S/C15H15N3O2/c1-9-6-11(12(8-16)15(17)18-9)10-4-5-13(19-2)14(7-10)20-3/h4-7H,1-3H3,(H2,17,18)/p+1. The number of aryl methyl sites for hydroxylation is 1. The summed E-state index contributed by atoms with van der Waals surface area (Å²) in [6, 6.07) is 9.51. The summed E-state index contributed by atoms with van der Waals surface area (Å²) in [4.78, 5) is 2.95. The van der Waals surface area contributed by atoms with Crippen molar-refractivity contribution < 1.29 is 14.5 Å². The summed E-state index contributed by atoms with van der Waals surface area (Å²) in [5, 5.41) is 9.27. The van der Waals surface area contributed by atoms with Gasteiger partial charge >= 0.3 is 0 Å². The highest BCUT2D eigenvalue weighted by Gasteiger charge is 2.16. The summed E-state index contributed by atoms with van der Waals surface area (Å²) >= 11 is 0. The monoisotopic (exact) mass is 270 g/mol. The Bertz CT molecular complexity index is 690. The van der Waals surface area contributed by atoms with Crippen LogP contribution in [0.2, 0.25) is 0 Å². The number of benzene rings is 1. The van der Waals surface area contributed by atoms with Crippen molar-refractivity contribution in [3.63, 3.8) is 0 Å². The highest BCUT2D eigenvalue weighted by atomic mass is 16.5. The number of pyridine rings is 1. The number of nitrogen functional groups attached to an aromatic ring is 1. The zero-order valence-electron chi connectivity index (χ0n) is 11.7. The van der Waals surface area contributed by atoms with Crippen molar-refractivity contribution in [1.82, 2.24) is 0 Å². The molecule has 0 aliphatic carbocycles. The fourth-order valence-electron chi connectivity index (χ4n) is 2.10. The van der Waals surface area contributed by atoms with Gasteiger partial charge in [-0.3, -0.25) is 5.73 Å². The van der Waals surface area contributed by atoms with Crippen LogP contribution in [0.3, 0.4) is 0 Å². The number of H-pyrrole nitrogens is 1. The van der Waals surface area contributed by atoms with Crippen molar-refractivity contribution in [3.8, 4) is 28.7 Å². The molecule has 5 nitrogen and oxygen atoms in total. The molecule has 0 aliphatic heterocycles. The maximum atomic E-state index is 9.27. The van der Waals surface area contributed by atoms with Crippen LogP contribution in [0, 0.1) is 18.3 Å². The Labute approximate surface area is 117 Å². The highest BCUT2D eigenvalue weighted by molar-refractivity contribution is 5.76. The van der Waals surface area contributed by atoms with Gasteiger partial charge in [-0.1, -0.05) is 6.07 Å². The Morgan fingerprint density at radius 2 is 1.85 bits per heavy atom. The summed E-state index contributed by atoms with van der Waals surface area (Å²) in [5.74, 6) is 1.61. The van der Waals surface area contributed by atoms with E-state index in [4.69, 9.17) is 15.2 Å². The van der Waals surface area contributed by atoms with Gasteiger partial charge in [-0.2, -0.15) is 5.26 Å². The molecule has 0 spiro atoms. The minimum Gasteiger partial charge on any atom is -0.493 e. The molecule has 0 aliphatic rings. The number of ether oxygens (including phenoxy) is 2. The van der Waals surface area contributed by atoms with Crippen LogP contribution in [0.25, 0.3) is 11.1 Å². The third kappa shape index (κ3) is 2.36. The van der Waals surface area contributed by atoms with E-state index in [0.29, 0.717) is 22.9 Å². The summed E-state index contributed by atoms with van der Waals surface area (Å²) in [6.07, 6.45) is 0. The van der Waals surface area contributed by atoms with Crippen LogP contribution in [0.1, 0.15) is 11.3 Å². The number of rotatable bonds is 3. The molecule has 2 rings (SSSR count). The topological polar surface area (TPSA) is 82.4 Å². The molecule has 0 bridgehead atoms. The third-order valence-corrected chi connectivity index (χ3v) is 3.04. The lowest BCUT2D eigenvalue weighted by Gasteiger charge is -2.10. The number of hydrogen-bond acceptors (Lipinski definition) is 4. The average Bonchev–Trinajstić information content (AvgIpc) is 2.45. The first-order valence-electron chi connectivity index (χ1n) is 6.05. The second-order valence-electron chi connectivity index (χ2n) is 4.34. The first-order chi connectivity index (χ1) is 9.60. The van der Waals surface area contributed by atoms with E-state index in [9.17, 15) is 5.26 Å². The number of anilines is 1. The predicted octanol–water partition coefficient (Wildman–Crippen LogP) is 1.95. The number of aromatic amines is 1. The van der Waals surface area contributed by atoms with Crippen molar-refractivity contribution in [1.29, 1.82) is 5.26 Å². The Morgan fingerprint density at radius 3 is 2.45 bits per heavy atom.